The topological polar surface area (TPSA) is 42.0 Å². The molecule has 3 heteroatoms. The maximum Gasteiger partial charge on any atom is 0.230 e. The molecule has 19 heavy (non-hydrogen) atoms. The molecule has 0 saturated carbocycles. The van der Waals surface area contributed by atoms with Crippen molar-refractivity contribution in [1.29, 1.82) is 0 Å². The zero-order chi connectivity index (χ0) is 14.5. The van der Waals surface area contributed by atoms with Crippen molar-refractivity contribution in [2.45, 2.75) is 60.3 Å². The number of anilines is 1. The molecule has 0 spiro atoms. The van der Waals surface area contributed by atoms with Gasteiger partial charge in [-0.05, 0) is 37.0 Å². The van der Waals surface area contributed by atoms with Gasteiger partial charge in [-0.25, -0.2) is 4.98 Å². The summed E-state index contributed by atoms with van der Waals surface area (Å²) < 4.78 is 0. The Labute approximate surface area is 116 Å². The minimum atomic E-state index is -0.393. The van der Waals surface area contributed by atoms with Gasteiger partial charge in [-0.3, -0.25) is 4.79 Å². The molecule has 0 aliphatic rings. The molecule has 1 heterocycles. The number of pyridine rings is 1. The van der Waals surface area contributed by atoms with E-state index in [1.54, 1.807) is 0 Å². The number of amides is 1. The summed E-state index contributed by atoms with van der Waals surface area (Å²) in [5, 5.41) is 2.87. The summed E-state index contributed by atoms with van der Waals surface area (Å²) in [6.45, 7) is 9.98. The molecule has 1 aromatic rings. The Morgan fingerprint density at radius 3 is 2.53 bits per heavy atom. The van der Waals surface area contributed by atoms with Crippen LogP contribution < -0.4 is 5.32 Å². The van der Waals surface area contributed by atoms with Crippen molar-refractivity contribution in [3.8, 4) is 0 Å². The second kappa shape index (κ2) is 6.69. The van der Waals surface area contributed by atoms with Crippen LogP contribution in [0.2, 0.25) is 0 Å². The molecule has 0 radical (unpaired) electrons. The molecule has 0 aliphatic carbocycles. The monoisotopic (exact) mass is 262 g/mol. The molecule has 0 bridgehead atoms. The quantitative estimate of drug-likeness (QED) is 0.811. The van der Waals surface area contributed by atoms with Gasteiger partial charge in [0.15, 0.2) is 0 Å². The van der Waals surface area contributed by atoms with E-state index in [-0.39, 0.29) is 5.91 Å². The molecule has 1 aromatic heterocycles. The highest BCUT2D eigenvalue weighted by molar-refractivity contribution is 5.93. The molecule has 1 amide bonds. The zero-order valence-electron chi connectivity index (χ0n) is 12.8. The van der Waals surface area contributed by atoms with Crippen LogP contribution in [-0.2, 0) is 11.2 Å². The highest BCUT2D eigenvalue weighted by atomic mass is 16.2. The van der Waals surface area contributed by atoms with Gasteiger partial charge in [0.1, 0.15) is 5.82 Å². The standard InChI is InChI=1S/C16H26N2O/c1-6-7-8-9-13-11-17-14(10-12(13)2)18-15(19)16(3,4)5/h10-11H,6-9H2,1-5H3,(H,17,18,19). The second-order valence-electron chi connectivity index (χ2n) is 6.16. The summed E-state index contributed by atoms with van der Waals surface area (Å²) in [5.74, 6) is 0.648. The first-order valence-electron chi connectivity index (χ1n) is 7.11. The van der Waals surface area contributed by atoms with Crippen molar-refractivity contribution in [2.24, 2.45) is 5.41 Å². The molecule has 0 aromatic carbocycles. The van der Waals surface area contributed by atoms with Gasteiger partial charge in [0, 0.05) is 11.6 Å². The third-order valence-corrected chi connectivity index (χ3v) is 3.19. The fourth-order valence-corrected chi connectivity index (χ4v) is 1.78. The lowest BCUT2D eigenvalue weighted by molar-refractivity contribution is -0.123. The van der Waals surface area contributed by atoms with Crippen LogP contribution in [0.5, 0.6) is 0 Å². The normalized spacial score (nSPS) is 11.4. The number of aryl methyl sites for hydroxylation is 2. The summed E-state index contributed by atoms with van der Waals surface area (Å²) in [6.07, 6.45) is 6.64. The first-order chi connectivity index (χ1) is 8.84. The highest BCUT2D eigenvalue weighted by Crippen LogP contribution is 2.18. The number of carbonyl (C=O) groups is 1. The van der Waals surface area contributed by atoms with Gasteiger partial charge in [0.2, 0.25) is 5.91 Å². The zero-order valence-corrected chi connectivity index (χ0v) is 12.8. The predicted octanol–water partition coefficient (Wildman–Crippen LogP) is 4.11. The Hall–Kier alpha value is -1.38. The van der Waals surface area contributed by atoms with Crippen LogP contribution in [0.15, 0.2) is 12.3 Å². The Balaban J connectivity index is 2.69. The van der Waals surface area contributed by atoms with Gasteiger partial charge in [0.05, 0.1) is 0 Å². The molecular formula is C16H26N2O. The molecule has 3 nitrogen and oxygen atoms in total. The van der Waals surface area contributed by atoms with Gasteiger partial charge in [0.25, 0.3) is 0 Å². The number of hydrogen-bond donors (Lipinski definition) is 1. The second-order valence-corrected chi connectivity index (χ2v) is 6.16. The first-order valence-corrected chi connectivity index (χ1v) is 7.11. The van der Waals surface area contributed by atoms with E-state index in [4.69, 9.17) is 0 Å². The number of carbonyl (C=O) groups excluding carboxylic acids is 1. The van der Waals surface area contributed by atoms with Crippen molar-refractivity contribution < 1.29 is 4.79 Å². The molecular weight excluding hydrogens is 236 g/mol. The number of aromatic nitrogens is 1. The highest BCUT2D eigenvalue weighted by Gasteiger charge is 2.21. The lowest BCUT2D eigenvalue weighted by atomic mass is 9.96. The average molecular weight is 262 g/mol. The van der Waals surface area contributed by atoms with Gasteiger partial charge in [-0.2, -0.15) is 0 Å². The molecule has 0 saturated heterocycles. The third kappa shape index (κ3) is 5.01. The lowest BCUT2D eigenvalue weighted by Gasteiger charge is -2.17. The van der Waals surface area contributed by atoms with Crippen molar-refractivity contribution in [3.63, 3.8) is 0 Å². The summed E-state index contributed by atoms with van der Waals surface area (Å²) in [7, 11) is 0. The van der Waals surface area contributed by atoms with E-state index >= 15 is 0 Å². The van der Waals surface area contributed by atoms with Gasteiger partial charge >= 0.3 is 0 Å². The van der Waals surface area contributed by atoms with E-state index < -0.39 is 5.41 Å². The molecule has 0 unspecified atom stereocenters. The van der Waals surface area contributed by atoms with Gasteiger partial charge < -0.3 is 5.32 Å². The molecule has 106 valence electrons. The number of unbranched alkanes of at least 4 members (excludes halogenated alkanes) is 2. The minimum absolute atomic E-state index is 0.00173. The summed E-state index contributed by atoms with van der Waals surface area (Å²) >= 11 is 0. The molecule has 1 rings (SSSR count). The smallest absolute Gasteiger partial charge is 0.230 e. The Kier molecular flexibility index (Phi) is 5.52. The van der Waals surface area contributed by atoms with Gasteiger partial charge in [-0.1, -0.05) is 40.5 Å². The van der Waals surface area contributed by atoms with Crippen molar-refractivity contribution in [1.82, 2.24) is 4.98 Å². The van der Waals surface area contributed by atoms with E-state index in [9.17, 15) is 4.79 Å². The summed E-state index contributed by atoms with van der Waals surface area (Å²) in [5.41, 5.74) is 2.09. The van der Waals surface area contributed by atoms with Crippen LogP contribution in [0.1, 0.15) is 58.1 Å². The van der Waals surface area contributed by atoms with E-state index in [2.05, 4.69) is 24.1 Å². The predicted molar refractivity (Wildman–Crippen MR) is 80.3 cm³/mol. The summed E-state index contributed by atoms with van der Waals surface area (Å²) in [6, 6.07) is 1.96. The SMILES string of the molecule is CCCCCc1cnc(NC(=O)C(C)(C)C)cc1C. The van der Waals surface area contributed by atoms with E-state index in [1.165, 1.54) is 30.4 Å². The molecule has 0 fully saturated rings. The molecule has 0 atom stereocenters. The molecule has 0 aliphatic heterocycles. The first kappa shape index (κ1) is 15.7. The van der Waals surface area contributed by atoms with Crippen LogP contribution in [0.3, 0.4) is 0 Å². The van der Waals surface area contributed by atoms with E-state index in [0.717, 1.165) is 6.42 Å². The Morgan fingerprint density at radius 1 is 1.32 bits per heavy atom. The minimum Gasteiger partial charge on any atom is -0.310 e. The number of rotatable bonds is 5. The van der Waals surface area contributed by atoms with E-state index in [1.807, 2.05) is 33.0 Å². The summed E-state index contributed by atoms with van der Waals surface area (Å²) in [4.78, 5) is 16.2. The van der Waals surface area contributed by atoms with Crippen LogP contribution in [0.4, 0.5) is 5.82 Å². The van der Waals surface area contributed by atoms with Gasteiger partial charge in [-0.15, -0.1) is 0 Å². The van der Waals surface area contributed by atoms with Crippen molar-refractivity contribution in [3.05, 3.63) is 23.4 Å². The third-order valence-electron chi connectivity index (χ3n) is 3.19. The fraction of sp³-hybridized carbons (Fsp3) is 0.625. The average Bonchev–Trinajstić information content (AvgIpc) is 2.31. The van der Waals surface area contributed by atoms with Crippen LogP contribution in [0.25, 0.3) is 0 Å². The largest absolute Gasteiger partial charge is 0.310 e. The van der Waals surface area contributed by atoms with E-state index in [0.29, 0.717) is 5.82 Å². The van der Waals surface area contributed by atoms with Crippen LogP contribution in [-0.4, -0.2) is 10.9 Å². The fourth-order valence-electron chi connectivity index (χ4n) is 1.78. The maximum absolute atomic E-state index is 11.9. The van der Waals surface area contributed by atoms with Crippen LogP contribution >= 0.6 is 0 Å². The van der Waals surface area contributed by atoms with Crippen LogP contribution in [0, 0.1) is 12.3 Å². The lowest BCUT2D eigenvalue weighted by Crippen LogP contribution is -2.28. The number of hydrogen-bond acceptors (Lipinski definition) is 2. The Morgan fingerprint density at radius 2 is 2.00 bits per heavy atom. The maximum atomic E-state index is 11.9. The number of nitrogens with one attached hydrogen (secondary N) is 1. The van der Waals surface area contributed by atoms with Crippen molar-refractivity contribution >= 4 is 11.7 Å². The Bertz CT molecular complexity index is 433. The van der Waals surface area contributed by atoms with Crippen molar-refractivity contribution in [2.75, 3.05) is 5.32 Å². The molecule has 1 N–H and O–H groups in total. The number of nitrogens with zero attached hydrogens (tertiary/aromatic N) is 1.